The van der Waals surface area contributed by atoms with Gasteiger partial charge in [-0.1, -0.05) is 6.92 Å². The average Bonchev–Trinajstić information content (AvgIpc) is 2.80. The first-order chi connectivity index (χ1) is 7.27. The quantitative estimate of drug-likeness (QED) is 0.693. The van der Waals surface area contributed by atoms with E-state index in [9.17, 15) is 4.79 Å². The van der Waals surface area contributed by atoms with Crippen molar-refractivity contribution >= 4 is 5.91 Å². The standard InChI is InChI=1S/C12H20N2O/c1-8-5-10(8)12(15)14-4-2-3-9-6-13-7-11(9)14/h8-11,13H,2-7H2,1H3. The minimum atomic E-state index is 0.365. The van der Waals surface area contributed by atoms with E-state index in [0.717, 1.165) is 32.0 Å². The van der Waals surface area contributed by atoms with Crippen molar-refractivity contribution in [2.24, 2.45) is 17.8 Å². The first kappa shape index (κ1) is 9.64. The first-order valence-corrected chi connectivity index (χ1v) is 6.28. The van der Waals surface area contributed by atoms with Crippen LogP contribution in [0.15, 0.2) is 0 Å². The second-order valence-electron chi connectivity index (χ2n) is 5.48. The summed E-state index contributed by atoms with van der Waals surface area (Å²) < 4.78 is 0. The van der Waals surface area contributed by atoms with Gasteiger partial charge in [-0.2, -0.15) is 0 Å². The Hall–Kier alpha value is -0.570. The van der Waals surface area contributed by atoms with Gasteiger partial charge in [-0.25, -0.2) is 0 Å². The fourth-order valence-corrected chi connectivity index (χ4v) is 3.22. The Bertz CT molecular complexity index is 279. The molecule has 2 heterocycles. The molecule has 1 amide bonds. The van der Waals surface area contributed by atoms with Gasteiger partial charge in [-0.05, 0) is 31.1 Å². The number of piperidine rings is 1. The number of carbonyl (C=O) groups is 1. The Kier molecular flexibility index (Phi) is 2.23. The highest BCUT2D eigenvalue weighted by Gasteiger charge is 2.45. The molecule has 1 N–H and O–H groups in total. The fraction of sp³-hybridized carbons (Fsp3) is 0.917. The van der Waals surface area contributed by atoms with Crippen molar-refractivity contribution in [2.45, 2.75) is 32.2 Å². The Morgan fingerprint density at radius 3 is 2.93 bits per heavy atom. The van der Waals surface area contributed by atoms with Crippen LogP contribution < -0.4 is 5.32 Å². The second kappa shape index (κ2) is 3.48. The summed E-state index contributed by atoms with van der Waals surface area (Å²) in [5.41, 5.74) is 0. The van der Waals surface area contributed by atoms with Gasteiger partial charge in [0.2, 0.25) is 5.91 Å². The van der Waals surface area contributed by atoms with Gasteiger partial charge in [-0.3, -0.25) is 4.79 Å². The van der Waals surface area contributed by atoms with Gasteiger partial charge in [0, 0.05) is 31.6 Å². The lowest BCUT2D eigenvalue weighted by Gasteiger charge is -2.37. The van der Waals surface area contributed by atoms with Crippen LogP contribution in [0.2, 0.25) is 0 Å². The van der Waals surface area contributed by atoms with Crippen LogP contribution in [0.25, 0.3) is 0 Å². The summed E-state index contributed by atoms with van der Waals surface area (Å²) in [5, 5.41) is 3.43. The fourth-order valence-electron chi connectivity index (χ4n) is 3.22. The van der Waals surface area contributed by atoms with Gasteiger partial charge in [0.25, 0.3) is 0 Å². The molecule has 0 aromatic rings. The highest BCUT2D eigenvalue weighted by atomic mass is 16.2. The van der Waals surface area contributed by atoms with Crippen molar-refractivity contribution in [1.82, 2.24) is 10.2 Å². The third kappa shape index (κ3) is 1.57. The SMILES string of the molecule is CC1CC1C(=O)N1CCCC2CNCC21. The van der Waals surface area contributed by atoms with Crippen molar-refractivity contribution in [1.29, 1.82) is 0 Å². The smallest absolute Gasteiger partial charge is 0.226 e. The number of nitrogens with zero attached hydrogens (tertiary/aromatic N) is 1. The predicted molar refractivity (Wildman–Crippen MR) is 58.4 cm³/mol. The molecule has 0 spiro atoms. The van der Waals surface area contributed by atoms with E-state index >= 15 is 0 Å². The monoisotopic (exact) mass is 208 g/mol. The van der Waals surface area contributed by atoms with E-state index in [-0.39, 0.29) is 0 Å². The summed E-state index contributed by atoms with van der Waals surface area (Å²) in [6, 6.07) is 0.513. The molecule has 3 fully saturated rings. The lowest BCUT2D eigenvalue weighted by Crippen LogP contribution is -2.49. The van der Waals surface area contributed by atoms with Gasteiger partial charge >= 0.3 is 0 Å². The topological polar surface area (TPSA) is 32.3 Å². The summed E-state index contributed by atoms with van der Waals surface area (Å²) in [6.07, 6.45) is 3.64. The number of nitrogens with one attached hydrogen (secondary N) is 1. The van der Waals surface area contributed by atoms with E-state index < -0.39 is 0 Å². The minimum Gasteiger partial charge on any atom is -0.338 e. The van der Waals surface area contributed by atoms with Crippen molar-refractivity contribution in [2.75, 3.05) is 19.6 Å². The molecule has 2 saturated heterocycles. The number of amides is 1. The molecular weight excluding hydrogens is 188 g/mol. The van der Waals surface area contributed by atoms with Crippen LogP contribution in [0.1, 0.15) is 26.2 Å². The van der Waals surface area contributed by atoms with Crippen molar-refractivity contribution in [3.63, 3.8) is 0 Å². The van der Waals surface area contributed by atoms with Crippen LogP contribution in [-0.2, 0) is 4.79 Å². The molecule has 15 heavy (non-hydrogen) atoms. The molecule has 4 atom stereocenters. The normalized spacial score (nSPS) is 43.9. The van der Waals surface area contributed by atoms with Crippen molar-refractivity contribution in [3.05, 3.63) is 0 Å². The van der Waals surface area contributed by atoms with Crippen LogP contribution >= 0.6 is 0 Å². The highest BCUT2D eigenvalue weighted by Crippen LogP contribution is 2.41. The summed E-state index contributed by atoms with van der Waals surface area (Å²) >= 11 is 0. The number of carbonyl (C=O) groups excluding carboxylic acids is 1. The number of hydrogen-bond donors (Lipinski definition) is 1. The van der Waals surface area contributed by atoms with Crippen molar-refractivity contribution < 1.29 is 4.79 Å². The maximum atomic E-state index is 12.2. The van der Waals surface area contributed by atoms with Crippen LogP contribution in [-0.4, -0.2) is 36.5 Å². The predicted octanol–water partition coefficient (Wildman–Crippen LogP) is 0.853. The van der Waals surface area contributed by atoms with Gasteiger partial charge < -0.3 is 10.2 Å². The summed E-state index contributed by atoms with van der Waals surface area (Å²) in [5.74, 6) is 2.19. The van der Waals surface area contributed by atoms with Crippen LogP contribution in [0, 0.1) is 17.8 Å². The Balaban J connectivity index is 1.71. The zero-order valence-electron chi connectivity index (χ0n) is 9.41. The molecule has 1 saturated carbocycles. The van der Waals surface area contributed by atoms with E-state index in [1.807, 2.05) is 0 Å². The molecule has 0 bridgehead atoms. The van der Waals surface area contributed by atoms with Gasteiger partial charge in [0.15, 0.2) is 0 Å². The Labute approximate surface area is 91.2 Å². The third-order valence-corrected chi connectivity index (χ3v) is 4.39. The van der Waals surface area contributed by atoms with E-state index in [1.165, 1.54) is 12.8 Å². The summed E-state index contributed by atoms with van der Waals surface area (Å²) in [7, 11) is 0. The number of hydrogen-bond acceptors (Lipinski definition) is 2. The molecule has 1 aliphatic carbocycles. The van der Waals surface area contributed by atoms with Gasteiger partial charge in [0.05, 0.1) is 0 Å². The highest BCUT2D eigenvalue weighted by molar-refractivity contribution is 5.82. The molecule has 3 aliphatic rings. The molecule has 3 nitrogen and oxygen atoms in total. The average molecular weight is 208 g/mol. The maximum absolute atomic E-state index is 12.2. The minimum absolute atomic E-state index is 0.365. The molecule has 84 valence electrons. The lowest BCUT2D eigenvalue weighted by molar-refractivity contribution is -0.137. The zero-order valence-corrected chi connectivity index (χ0v) is 9.41. The van der Waals surface area contributed by atoms with E-state index in [1.54, 1.807) is 0 Å². The molecule has 4 unspecified atom stereocenters. The molecule has 3 heteroatoms. The number of fused-ring (bicyclic) bond motifs is 1. The van der Waals surface area contributed by atoms with E-state index in [0.29, 0.717) is 23.8 Å². The summed E-state index contributed by atoms with van der Waals surface area (Å²) in [6.45, 7) is 5.34. The number of rotatable bonds is 1. The van der Waals surface area contributed by atoms with E-state index in [2.05, 4.69) is 17.1 Å². The first-order valence-electron chi connectivity index (χ1n) is 6.28. The van der Waals surface area contributed by atoms with Crippen LogP contribution in [0.3, 0.4) is 0 Å². The maximum Gasteiger partial charge on any atom is 0.226 e. The molecular formula is C12H20N2O. The molecule has 0 aromatic carbocycles. The Morgan fingerprint density at radius 2 is 2.20 bits per heavy atom. The largest absolute Gasteiger partial charge is 0.338 e. The van der Waals surface area contributed by atoms with Crippen LogP contribution in [0.5, 0.6) is 0 Å². The van der Waals surface area contributed by atoms with Crippen molar-refractivity contribution in [3.8, 4) is 0 Å². The Morgan fingerprint density at radius 1 is 1.40 bits per heavy atom. The zero-order chi connectivity index (χ0) is 10.4. The lowest BCUT2D eigenvalue weighted by atomic mass is 9.91. The molecule has 0 radical (unpaired) electrons. The molecule has 3 rings (SSSR count). The van der Waals surface area contributed by atoms with Gasteiger partial charge in [-0.15, -0.1) is 0 Å². The number of likely N-dealkylation sites (tertiary alicyclic amines) is 1. The molecule has 0 aromatic heterocycles. The van der Waals surface area contributed by atoms with Gasteiger partial charge in [0.1, 0.15) is 0 Å². The third-order valence-electron chi connectivity index (χ3n) is 4.39. The van der Waals surface area contributed by atoms with Crippen LogP contribution in [0.4, 0.5) is 0 Å². The summed E-state index contributed by atoms with van der Waals surface area (Å²) in [4.78, 5) is 14.4. The molecule has 2 aliphatic heterocycles. The second-order valence-corrected chi connectivity index (χ2v) is 5.48. The van der Waals surface area contributed by atoms with E-state index in [4.69, 9.17) is 0 Å².